The Morgan fingerprint density at radius 2 is 2.04 bits per heavy atom. The minimum absolute atomic E-state index is 0.0660. The van der Waals surface area contributed by atoms with E-state index in [1.54, 1.807) is 0 Å². The lowest BCUT2D eigenvalue weighted by Crippen LogP contribution is -1.98. The zero-order valence-corrected chi connectivity index (χ0v) is 13.2. The Morgan fingerprint density at radius 1 is 1.16 bits per heavy atom. The number of H-pyrrole nitrogens is 1. The van der Waals surface area contributed by atoms with Crippen molar-refractivity contribution in [2.24, 2.45) is 0 Å². The number of pyridine rings is 1. The van der Waals surface area contributed by atoms with Crippen molar-refractivity contribution in [2.45, 2.75) is 6.92 Å². The molecule has 0 aliphatic carbocycles. The summed E-state index contributed by atoms with van der Waals surface area (Å²) in [5, 5.41) is 14.5. The van der Waals surface area contributed by atoms with E-state index in [2.05, 4.69) is 25.7 Å². The number of anilines is 1. The van der Waals surface area contributed by atoms with Gasteiger partial charge in [0, 0.05) is 12.1 Å². The third-order valence-electron chi connectivity index (χ3n) is 3.82. The standard InChI is InChI=1S/C17H13F2N5O/c1-2-20-13-7-6-10-15(23-24-17(10)22-13)16-11(8-21-25-16)9-4-3-5-12(18)14(9)19/h3-8H,2H2,1H3,(H2,20,22,23,24). The number of halogens is 2. The molecule has 1 aromatic carbocycles. The van der Waals surface area contributed by atoms with Crippen molar-refractivity contribution in [3.63, 3.8) is 0 Å². The molecule has 0 bridgehead atoms. The lowest BCUT2D eigenvalue weighted by molar-refractivity contribution is 0.431. The van der Waals surface area contributed by atoms with E-state index >= 15 is 0 Å². The average molecular weight is 341 g/mol. The summed E-state index contributed by atoms with van der Waals surface area (Å²) >= 11 is 0. The zero-order chi connectivity index (χ0) is 17.4. The maximum Gasteiger partial charge on any atom is 0.193 e. The van der Waals surface area contributed by atoms with Crippen molar-refractivity contribution in [1.82, 2.24) is 20.3 Å². The fraction of sp³-hybridized carbons (Fsp3) is 0.118. The molecule has 0 unspecified atom stereocenters. The maximum atomic E-state index is 14.1. The van der Waals surface area contributed by atoms with E-state index < -0.39 is 11.6 Å². The molecule has 6 nitrogen and oxygen atoms in total. The van der Waals surface area contributed by atoms with Gasteiger partial charge < -0.3 is 9.84 Å². The maximum absolute atomic E-state index is 14.1. The van der Waals surface area contributed by atoms with Crippen LogP contribution in [0.1, 0.15) is 6.92 Å². The van der Waals surface area contributed by atoms with Gasteiger partial charge >= 0.3 is 0 Å². The van der Waals surface area contributed by atoms with Crippen molar-refractivity contribution in [1.29, 1.82) is 0 Å². The molecule has 0 atom stereocenters. The largest absolute Gasteiger partial charge is 0.370 e. The molecule has 3 heterocycles. The number of fused-ring (bicyclic) bond motifs is 1. The van der Waals surface area contributed by atoms with E-state index in [-0.39, 0.29) is 11.3 Å². The molecule has 4 aromatic rings. The van der Waals surface area contributed by atoms with Gasteiger partial charge in [-0.15, -0.1) is 0 Å². The number of hydrogen-bond acceptors (Lipinski definition) is 5. The molecule has 25 heavy (non-hydrogen) atoms. The highest BCUT2D eigenvalue weighted by Crippen LogP contribution is 2.36. The Kier molecular flexibility index (Phi) is 3.64. The molecular weight excluding hydrogens is 328 g/mol. The average Bonchev–Trinajstić information content (AvgIpc) is 3.23. The highest BCUT2D eigenvalue weighted by molar-refractivity contribution is 5.94. The Balaban J connectivity index is 1.86. The van der Waals surface area contributed by atoms with Crippen molar-refractivity contribution in [2.75, 3.05) is 11.9 Å². The smallest absolute Gasteiger partial charge is 0.193 e. The van der Waals surface area contributed by atoms with E-state index in [1.165, 1.54) is 18.3 Å². The fourth-order valence-corrected chi connectivity index (χ4v) is 2.67. The third-order valence-corrected chi connectivity index (χ3v) is 3.82. The number of aromatic nitrogens is 4. The van der Waals surface area contributed by atoms with Crippen molar-refractivity contribution < 1.29 is 13.3 Å². The number of benzene rings is 1. The first-order chi connectivity index (χ1) is 12.2. The van der Waals surface area contributed by atoms with Gasteiger partial charge in [-0.2, -0.15) is 5.10 Å². The summed E-state index contributed by atoms with van der Waals surface area (Å²) in [6, 6.07) is 7.59. The van der Waals surface area contributed by atoms with Crippen LogP contribution in [0.15, 0.2) is 41.1 Å². The molecule has 3 aromatic heterocycles. The summed E-state index contributed by atoms with van der Waals surface area (Å²) in [5.41, 5.74) is 1.38. The van der Waals surface area contributed by atoms with E-state index in [1.807, 2.05) is 19.1 Å². The minimum atomic E-state index is -0.955. The lowest BCUT2D eigenvalue weighted by atomic mass is 10.0. The topological polar surface area (TPSA) is 79.6 Å². The van der Waals surface area contributed by atoms with Crippen LogP contribution in [0.25, 0.3) is 33.6 Å². The highest BCUT2D eigenvalue weighted by Gasteiger charge is 2.21. The van der Waals surface area contributed by atoms with E-state index in [0.717, 1.165) is 12.6 Å². The summed E-state index contributed by atoms with van der Waals surface area (Å²) in [5.74, 6) is -0.925. The van der Waals surface area contributed by atoms with Gasteiger partial charge in [0.05, 0.1) is 17.1 Å². The van der Waals surface area contributed by atoms with Crippen molar-refractivity contribution in [3.05, 3.63) is 48.2 Å². The van der Waals surface area contributed by atoms with E-state index in [9.17, 15) is 8.78 Å². The van der Waals surface area contributed by atoms with Crippen LogP contribution >= 0.6 is 0 Å². The SMILES string of the molecule is CCNc1ccc2c(-c3oncc3-c3cccc(F)c3F)[nH]nc2n1. The first kappa shape index (κ1) is 15.3. The number of nitrogens with one attached hydrogen (secondary N) is 2. The first-order valence-electron chi connectivity index (χ1n) is 7.67. The van der Waals surface area contributed by atoms with Gasteiger partial charge in [0.1, 0.15) is 11.5 Å². The summed E-state index contributed by atoms with van der Waals surface area (Å²) < 4.78 is 33.0. The van der Waals surface area contributed by atoms with Gasteiger partial charge in [0.15, 0.2) is 23.0 Å². The van der Waals surface area contributed by atoms with Crippen LogP contribution in [0, 0.1) is 11.6 Å². The summed E-state index contributed by atoms with van der Waals surface area (Å²) in [6.45, 7) is 2.71. The zero-order valence-electron chi connectivity index (χ0n) is 13.2. The van der Waals surface area contributed by atoms with Crippen LogP contribution in [0.3, 0.4) is 0 Å². The highest BCUT2D eigenvalue weighted by atomic mass is 19.2. The predicted octanol–water partition coefficient (Wildman–Crippen LogP) is 3.99. The summed E-state index contributed by atoms with van der Waals surface area (Å²) in [7, 11) is 0. The molecule has 0 aliphatic rings. The van der Waals surface area contributed by atoms with Crippen molar-refractivity contribution >= 4 is 16.9 Å². The lowest BCUT2D eigenvalue weighted by Gasteiger charge is -2.03. The third kappa shape index (κ3) is 2.51. The fourth-order valence-electron chi connectivity index (χ4n) is 2.67. The van der Waals surface area contributed by atoms with Crippen LogP contribution < -0.4 is 5.32 Å². The molecular formula is C17H13F2N5O. The van der Waals surface area contributed by atoms with Gasteiger partial charge in [-0.25, -0.2) is 13.8 Å². The molecule has 0 fully saturated rings. The molecule has 0 radical (unpaired) electrons. The van der Waals surface area contributed by atoms with Gasteiger partial charge in [-0.3, -0.25) is 5.10 Å². The van der Waals surface area contributed by atoms with Crippen LogP contribution in [0.5, 0.6) is 0 Å². The molecule has 2 N–H and O–H groups in total. The summed E-state index contributed by atoms with van der Waals surface area (Å²) in [6.07, 6.45) is 1.35. The van der Waals surface area contributed by atoms with Gasteiger partial charge in [0.25, 0.3) is 0 Å². The number of aromatic amines is 1. The molecule has 0 saturated carbocycles. The number of hydrogen-bond donors (Lipinski definition) is 2. The molecule has 0 spiro atoms. The minimum Gasteiger partial charge on any atom is -0.370 e. The first-order valence-corrected chi connectivity index (χ1v) is 7.67. The Labute approximate surface area is 140 Å². The van der Waals surface area contributed by atoms with Crippen LogP contribution in [-0.4, -0.2) is 26.9 Å². The molecule has 0 aliphatic heterocycles. The quantitative estimate of drug-likeness (QED) is 0.587. The molecule has 126 valence electrons. The Morgan fingerprint density at radius 3 is 2.88 bits per heavy atom. The summed E-state index contributed by atoms with van der Waals surface area (Å²) in [4.78, 5) is 4.38. The van der Waals surface area contributed by atoms with Crippen LogP contribution in [-0.2, 0) is 0 Å². The molecule has 0 amide bonds. The van der Waals surface area contributed by atoms with Crippen molar-refractivity contribution in [3.8, 4) is 22.6 Å². The predicted molar refractivity (Wildman–Crippen MR) is 88.9 cm³/mol. The monoisotopic (exact) mass is 341 g/mol. The van der Waals surface area contributed by atoms with Crippen LogP contribution in [0.2, 0.25) is 0 Å². The molecule has 8 heteroatoms. The number of nitrogens with zero attached hydrogens (tertiary/aromatic N) is 3. The second-order valence-corrected chi connectivity index (χ2v) is 5.37. The Bertz CT molecular complexity index is 1060. The molecule has 0 saturated heterocycles. The second-order valence-electron chi connectivity index (χ2n) is 5.37. The van der Waals surface area contributed by atoms with Gasteiger partial charge in [-0.05, 0) is 25.1 Å². The van der Waals surface area contributed by atoms with Crippen LogP contribution in [0.4, 0.5) is 14.6 Å². The number of rotatable bonds is 4. The Hall–Kier alpha value is -3.29. The molecule has 4 rings (SSSR count). The normalized spacial score (nSPS) is 11.2. The van der Waals surface area contributed by atoms with Gasteiger partial charge in [0.2, 0.25) is 0 Å². The van der Waals surface area contributed by atoms with Gasteiger partial charge in [-0.1, -0.05) is 17.3 Å². The van der Waals surface area contributed by atoms with E-state index in [4.69, 9.17) is 4.52 Å². The van der Waals surface area contributed by atoms with E-state index in [0.29, 0.717) is 28.1 Å². The second kappa shape index (κ2) is 5.97.